The fraction of sp³-hybridized carbons (Fsp3) is 0.538. The third-order valence-electron chi connectivity index (χ3n) is 3.11. The summed E-state index contributed by atoms with van der Waals surface area (Å²) in [6.07, 6.45) is 6.24. The number of aryl methyl sites for hydroxylation is 1. The Labute approximate surface area is 110 Å². The number of furan rings is 1. The molecular formula is C13H17N3OS. The van der Waals surface area contributed by atoms with Crippen LogP contribution >= 0.6 is 11.3 Å². The van der Waals surface area contributed by atoms with E-state index in [2.05, 4.69) is 22.4 Å². The third kappa shape index (κ3) is 2.62. The van der Waals surface area contributed by atoms with Crippen molar-refractivity contribution in [1.82, 2.24) is 15.5 Å². The standard InChI is InChI=1S/C13H17N3OS/c1-2-11-10(6-8-17-11)13-16-15-12(18-13)5-7-14-9-3-4-9/h6,8-9,14H,2-5,7H2,1H3. The van der Waals surface area contributed by atoms with Crippen molar-refractivity contribution in [2.24, 2.45) is 0 Å². The summed E-state index contributed by atoms with van der Waals surface area (Å²) >= 11 is 1.67. The summed E-state index contributed by atoms with van der Waals surface area (Å²) in [6, 6.07) is 2.74. The number of aromatic nitrogens is 2. The zero-order valence-electron chi connectivity index (χ0n) is 10.5. The Morgan fingerprint density at radius 2 is 2.33 bits per heavy atom. The van der Waals surface area contributed by atoms with Crippen LogP contribution < -0.4 is 5.32 Å². The topological polar surface area (TPSA) is 51.0 Å². The summed E-state index contributed by atoms with van der Waals surface area (Å²) in [5.41, 5.74) is 1.09. The first-order chi connectivity index (χ1) is 8.86. The van der Waals surface area contributed by atoms with Gasteiger partial charge < -0.3 is 9.73 Å². The van der Waals surface area contributed by atoms with E-state index in [9.17, 15) is 0 Å². The van der Waals surface area contributed by atoms with Crippen LogP contribution in [0.2, 0.25) is 0 Å². The number of nitrogens with zero attached hydrogens (tertiary/aromatic N) is 2. The zero-order valence-corrected chi connectivity index (χ0v) is 11.3. The summed E-state index contributed by atoms with van der Waals surface area (Å²) in [4.78, 5) is 0. The minimum absolute atomic E-state index is 0.762. The molecule has 2 aromatic heterocycles. The first kappa shape index (κ1) is 11.9. The van der Waals surface area contributed by atoms with Gasteiger partial charge in [0.15, 0.2) is 5.01 Å². The molecular weight excluding hydrogens is 246 g/mol. The second-order valence-electron chi connectivity index (χ2n) is 4.59. The Kier molecular flexibility index (Phi) is 3.43. The summed E-state index contributed by atoms with van der Waals surface area (Å²) in [7, 11) is 0. The van der Waals surface area contributed by atoms with Crippen LogP contribution in [0.5, 0.6) is 0 Å². The van der Waals surface area contributed by atoms with Crippen LogP contribution in [-0.2, 0) is 12.8 Å². The molecule has 1 N–H and O–H groups in total. The Bertz CT molecular complexity index is 516. The van der Waals surface area contributed by atoms with E-state index in [1.807, 2.05) is 6.07 Å². The van der Waals surface area contributed by atoms with Crippen molar-refractivity contribution >= 4 is 11.3 Å². The van der Waals surface area contributed by atoms with E-state index < -0.39 is 0 Å². The number of hydrogen-bond acceptors (Lipinski definition) is 5. The molecule has 0 spiro atoms. The summed E-state index contributed by atoms with van der Waals surface area (Å²) < 4.78 is 5.42. The van der Waals surface area contributed by atoms with Crippen molar-refractivity contribution in [2.75, 3.05) is 6.54 Å². The van der Waals surface area contributed by atoms with Gasteiger partial charge in [0.1, 0.15) is 10.8 Å². The van der Waals surface area contributed by atoms with Gasteiger partial charge >= 0.3 is 0 Å². The molecule has 18 heavy (non-hydrogen) atoms. The molecule has 4 nitrogen and oxygen atoms in total. The molecule has 0 saturated heterocycles. The van der Waals surface area contributed by atoms with Crippen LogP contribution in [0.4, 0.5) is 0 Å². The molecule has 2 heterocycles. The van der Waals surface area contributed by atoms with Gasteiger partial charge in [-0.25, -0.2) is 0 Å². The lowest BCUT2D eigenvalue weighted by Crippen LogP contribution is -2.19. The first-order valence-corrected chi connectivity index (χ1v) is 7.31. The van der Waals surface area contributed by atoms with Crippen molar-refractivity contribution in [3.8, 4) is 10.6 Å². The molecule has 1 aliphatic carbocycles. The molecule has 0 atom stereocenters. The maximum Gasteiger partial charge on any atom is 0.151 e. The van der Waals surface area contributed by atoms with E-state index in [4.69, 9.17) is 4.42 Å². The molecule has 1 aliphatic rings. The molecule has 1 saturated carbocycles. The predicted molar refractivity (Wildman–Crippen MR) is 71.7 cm³/mol. The lowest BCUT2D eigenvalue weighted by molar-refractivity contribution is 0.517. The van der Waals surface area contributed by atoms with Gasteiger partial charge in [0.2, 0.25) is 0 Å². The molecule has 5 heteroatoms. The van der Waals surface area contributed by atoms with Crippen LogP contribution in [0.1, 0.15) is 30.5 Å². The summed E-state index contributed by atoms with van der Waals surface area (Å²) in [6.45, 7) is 3.09. The van der Waals surface area contributed by atoms with E-state index in [0.29, 0.717) is 0 Å². The largest absolute Gasteiger partial charge is 0.469 e. The highest BCUT2D eigenvalue weighted by atomic mass is 32.1. The molecule has 3 rings (SSSR count). The van der Waals surface area contributed by atoms with Gasteiger partial charge in [-0.3, -0.25) is 0 Å². The smallest absolute Gasteiger partial charge is 0.151 e. The Morgan fingerprint density at radius 3 is 3.11 bits per heavy atom. The van der Waals surface area contributed by atoms with E-state index in [1.54, 1.807) is 17.6 Å². The van der Waals surface area contributed by atoms with Crippen LogP contribution in [0.3, 0.4) is 0 Å². The van der Waals surface area contributed by atoms with Crippen molar-refractivity contribution in [3.05, 3.63) is 23.1 Å². The van der Waals surface area contributed by atoms with Gasteiger partial charge in [0, 0.05) is 25.4 Å². The lowest BCUT2D eigenvalue weighted by atomic mass is 10.2. The van der Waals surface area contributed by atoms with Crippen LogP contribution in [0.15, 0.2) is 16.7 Å². The zero-order chi connectivity index (χ0) is 12.4. The Hall–Kier alpha value is -1.20. The third-order valence-corrected chi connectivity index (χ3v) is 4.13. The number of hydrogen-bond donors (Lipinski definition) is 1. The number of nitrogens with one attached hydrogen (secondary N) is 1. The predicted octanol–water partition coefficient (Wildman–Crippen LogP) is 2.66. The molecule has 0 aliphatic heterocycles. The van der Waals surface area contributed by atoms with Crippen molar-refractivity contribution in [3.63, 3.8) is 0 Å². The molecule has 0 bridgehead atoms. The maximum absolute atomic E-state index is 5.42. The van der Waals surface area contributed by atoms with E-state index >= 15 is 0 Å². The van der Waals surface area contributed by atoms with E-state index in [-0.39, 0.29) is 0 Å². The molecule has 0 unspecified atom stereocenters. The minimum Gasteiger partial charge on any atom is -0.469 e. The highest BCUT2D eigenvalue weighted by Crippen LogP contribution is 2.28. The molecule has 0 aromatic carbocycles. The average Bonchev–Trinajstić information content (AvgIpc) is 2.92. The van der Waals surface area contributed by atoms with Gasteiger partial charge in [-0.05, 0) is 18.9 Å². The maximum atomic E-state index is 5.42. The van der Waals surface area contributed by atoms with Crippen molar-refractivity contribution in [2.45, 2.75) is 38.6 Å². The van der Waals surface area contributed by atoms with Gasteiger partial charge in [-0.1, -0.05) is 18.3 Å². The highest BCUT2D eigenvalue weighted by Gasteiger charge is 2.20. The van der Waals surface area contributed by atoms with Crippen LogP contribution in [-0.4, -0.2) is 22.8 Å². The van der Waals surface area contributed by atoms with Gasteiger partial charge in [0.25, 0.3) is 0 Å². The summed E-state index contributed by atoms with van der Waals surface area (Å²) in [5.74, 6) is 0.994. The second-order valence-corrected chi connectivity index (χ2v) is 5.65. The van der Waals surface area contributed by atoms with Gasteiger partial charge in [-0.15, -0.1) is 10.2 Å². The van der Waals surface area contributed by atoms with Crippen LogP contribution in [0.25, 0.3) is 10.6 Å². The van der Waals surface area contributed by atoms with Crippen LogP contribution in [0, 0.1) is 0 Å². The van der Waals surface area contributed by atoms with E-state index in [1.165, 1.54) is 12.8 Å². The molecule has 1 fully saturated rings. The molecule has 96 valence electrons. The van der Waals surface area contributed by atoms with Crippen molar-refractivity contribution < 1.29 is 4.42 Å². The normalized spacial score (nSPS) is 15.2. The second kappa shape index (κ2) is 5.20. The molecule has 0 amide bonds. The molecule has 2 aromatic rings. The first-order valence-electron chi connectivity index (χ1n) is 6.49. The Balaban J connectivity index is 1.64. The Morgan fingerprint density at radius 1 is 1.44 bits per heavy atom. The van der Waals surface area contributed by atoms with E-state index in [0.717, 1.165) is 46.8 Å². The fourth-order valence-corrected chi connectivity index (χ4v) is 2.82. The lowest BCUT2D eigenvalue weighted by Gasteiger charge is -1.97. The molecule has 0 radical (unpaired) electrons. The minimum atomic E-state index is 0.762. The highest BCUT2D eigenvalue weighted by molar-refractivity contribution is 7.14. The van der Waals surface area contributed by atoms with Gasteiger partial charge in [0.05, 0.1) is 11.8 Å². The van der Waals surface area contributed by atoms with Gasteiger partial charge in [-0.2, -0.15) is 0 Å². The quantitative estimate of drug-likeness (QED) is 0.870. The number of rotatable bonds is 6. The van der Waals surface area contributed by atoms with Crippen molar-refractivity contribution in [1.29, 1.82) is 0 Å². The summed E-state index contributed by atoms with van der Waals surface area (Å²) in [5, 5.41) is 14.1. The monoisotopic (exact) mass is 263 g/mol. The average molecular weight is 263 g/mol. The SMILES string of the molecule is CCc1occc1-c1nnc(CCNC2CC2)s1. The fourth-order valence-electron chi connectivity index (χ4n) is 1.94.